The molecule has 3 aromatic rings. The van der Waals surface area contributed by atoms with Gasteiger partial charge in [-0.1, -0.05) is 22.9 Å². The van der Waals surface area contributed by atoms with Gasteiger partial charge in [0, 0.05) is 25.3 Å². The Hall–Kier alpha value is -2.32. The third-order valence-corrected chi connectivity index (χ3v) is 4.19. The number of nitrogens with one attached hydrogen (secondary N) is 1. The summed E-state index contributed by atoms with van der Waals surface area (Å²) in [5.41, 5.74) is 3.03. The molecular formula is C14H15ClN8. The van der Waals surface area contributed by atoms with Crippen LogP contribution in [0, 0.1) is 0 Å². The van der Waals surface area contributed by atoms with E-state index in [4.69, 9.17) is 11.6 Å². The maximum absolute atomic E-state index is 6.18. The van der Waals surface area contributed by atoms with Gasteiger partial charge >= 0.3 is 0 Å². The topological polar surface area (TPSA) is 88.4 Å². The number of aromatic nitrogens is 7. The molecule has 0 saturated heterocycles. The molecule has 3 aromatic heterocycles. The predicted molar refractivity (Wildman–Crippen MR) is 82.6 cm³/mol. The number of tetrazole rings is 1. The van der Waals surface area contributed by atoms with Crippen LogP contribution in [-0.4, -0.2) is 46.8 Å². The summed E-state index contributed by atoms with van der Waals surface area (Å²) in [6.45, 7) is 3.35. The average molecular weight is 331 g/mol. The van der Waals surface area contributed by atoms with E-state index in [1.54, 1.807) is 6.20 Å². The van der Waals surface area contributed by atoms with E-state index in [9.17, 15) is 0 Å². The SMILES string of the molecule is Clc1cnn2c1CN(Cc1cccc(Cc3nn[nH]n3)n1)CC2. The minimum atomic E-state index is 0.572. The van der Waals surface area contributed by atoms with Gasteiger partial charge in [-0.25, -0.2) is 0 Å². The van der Waals surface area contributed by atoms with Crippen LogP contribution in [0.1, 0.15) is 22.9 Å². The predicted octanol–water partition coefficient (Wildman–Crippen LogP) is 1.05. The van der Waals surface area contributed by atoms with Gasteiger partial charge in [0.15, 0.2) is 5.82 Å². The highest BCUT2D eigenvalue weighted by Gasteiger charge is 2.20. The van der Waals surface area contributed by atoms with Crippen LogP contribution in [0.5, 0.6) is 0 Å². The van der Waals surface area contributed by atoms with Crippen LogP contribution in [0.4, 0.5) is 0 Å². The Morgan fingerprint density at radius 3 is 3.00 bits per heavy atom. The standard InChI is InChI=1S/C14H15ClN8/c15-12-7-16-23-5-4-22(9-13(12)23)8-11-3-1-2-10(17-11)6-14-18-20-21-19-14/h1-3,7H,4-6,8-9H2,(H,18,19,20,21). The van der Waals surface area contributed by atoms with Gasteiger partial charge in [-0.3, -0.25) is 14.6 Å². The van der Waals surface area contributed by atoms with Gasteiger partial charge in [0.2, 0.25) is 0 Å². The summed E-state index contributed by atoms with van der Waals surface area (Å²) in [5, 5.41) is 19.0. The highest BCUT2D eigenvalue weighted by Crippen LogP contribution is 2.21. The molecule has 0 aromatic carbocycles. The van der Waals surface area contributed by atoms with Gasteiger partial charge in [-0.2, -0.15) is 10.3 Å². The number of aromatic amines is 1. The van der Waals surface area contributed by atoms with Crippen molar-refractivity contribution in [3.05, 3.63) is 52.3 Å². The van der Waals surface area contributed by atoms with Crippen molar-refractivity contribution in [3.63, 3.8) is 0 Å². The second-order valence-electron chi connectivity index (χ2n) is 5.50. The molecule has 0 radical (unpaired) electrons. The quantitative estimate of drug-likeness (QED) is 0.769. The van der Waals surface area contributed by atoms with Gasteiger partial charge in [-0.05, 0) is 12.1 Å². The van der Waals surface area contributed by atoms with Crippen molar-refractivity contribution in [2.45, 2.75) is 26.1 Å². The molecule has 0 bridgehead atoms. The van der Waals surface area contributed by atoms with Crippen molar-refractivity contribution in [1.29, 1.82) is 0 Å². The highest BCUT2D eigenvalue weighted by molar-refractivity contribution is 6.31. The van der Waals surface area contributed by atoms with Crippen LogP contribution in [0.25, 0.3) is 0 Å². The molecule has 23 heavy (non-hydrogen) atoms. The van der Waals surface area contributed by atoms with Crippen molar-refractivity contribution in [1.82, 2.24) is 40.3 Å². The number of hydrogen-bond acceptors (Lipinski definition) is 6. The first-order valence-corrected chi connectivity index (χ1v) is 7.75. The number of hydrogen-bond donors (Lipinski definition) is 1. The highest BCUT2D eigenvalue weighted by atomic mass is 35.5. The molecule has 0 unspecified atom stereocenters. The number of halogens is 1. The minimum absolute atomic E-state index is 0.572. The molecule has 4 heterocycles. The summed E-state index contributed by atoms with van der Waals surface area (Å²) in [6.07, 6.45) is 2.28. The molecule has 1 aliphatic rings. The van der Waals surface area contributed by atoms with Crippen molar-refractivity contribution in [2.75, 3.05) is 6.54 Å². The molecule has 1 N–H and O–H groups in total. The lowest BCUT2D eigenvalue weighted by Gasteiger charge is -2.27. The summed E-state index contributed by atoms with van der Waals surface area (Å²) in [7, 11) is 0. The fraction of sp³-hybridized carbons (Fsp3) is 0.357. The van der Waals surface area contributed by atoms with Crippen LogP contribution in [-0.2, 0) is 26.1 Å². The number of pyridine rings is 1. The first kappa shape index (κ1) is 14.3. The monoisotopic (exact) mass is 330 g/mol. The molecule has 0 aliphatic carbocycles. The Morgan fingerprint density at radius 2 is 2.13 bits per heavy atom. The Kier molecular flexibility index (Phi) is 3.76. The second-order valence-corrected chi connectivity index (χ2v) is 5.91. The Morgan fingerprint density at radius 1 is 1.22 bits per heavy atom. The zero-order valence-corrected chi connectivity index (χ0v) is 13.1. The first-order valence-electron chi connectivity index (χ1n) is 7.37. The van der Waals surface area contributed by atoms with Crippen LogP contribution in [0.15, 0.2) is 24.4 Å². The first-order chi connectivity index (χ1) is 11.3. The number of rotatable bonds is 4. The smallest absolute Gasteiger partial charge is 0.180 e. The number of fused-ring (bicyclic) bond motifs is 1. The zero-order chi connectivity index (χ0) is 15.6. The molecule has 9 heteroatoms. The van der Waals surface area contributed by atoms with Crippen molar-refractivity contribution in [2.24, 2.45) is 0 Å². The molecule has 1 aliphatic heterocycles. The van der Waals surface area contributed by atoms with Crippen LogP contribution in [0.2, 0.25) is 5.02 Å². The fourth-order valence-electron chi connectivity index (χ4n) is 2.76. The van der Waals surface area contributed by atoms with Gasteiger partial charge in [0.25, 0.3) is 0 Å². The van der Waals surface area contributed by atoms with Crippen LogP contribution in [0.3, 0.4) is 0 Å². The molecule has 4 rings (SSSR count). The number of H-pyrrole nitrogens is 1. The fourth-order valence-corrected chi connectivity index (χ4v) is 2.96. The lowest BCUT2D eigenvalue weighted by atomic mass is 10.2. The summed E-state index contributed by atoms with van der Waals surface area (Å²) in [4.78, 5) is 7.01. The molecule has 0 fully saturated rings. The Bertz CT molecular complexity index is 797. The molecule has 0 spiro atoms. The Balaban J connectivity index is 1.46. The number of nitrogens with zero attached hydrogens (tertiary/aromatic N) is 7. The zero-order valence-electron chi connectivity index (χ0n) is 12.4. The van der Waals surface area contributed by atoms with Crippen molar-refractivity contribution < 1.29 is 0 Å². The Labute approximate surface area is 137 Å². The molecule has 0 saturated carbocycles. The third-order valence-electron chi connectivity index (χ3n) is 3.88. The average Bonchev–Trinajstić information content (AvgIpc) is 3.18. The molecule has 118 valence electrons. The van der Waals surface area contributed by atoms with Crippen molar-refractivity contribution in [3.8, 4) is 0 Å². The second kappa shape index (κ2) is 6.05. The molecule has 0 amide bonds. The van der Waals surface area contributed by atoms with E-state index in [0.717, 1.165) is 48.3 Å². The summed E-state index contributed by atoms with van der Waals surface area (Å²) in [6, 6.07) is 6.02. The van der Waals surface area contributed by atoms with E-state index in [2.05, 4.69) is 35.6 Å². The van der Waals surface area contributed by atoms with E-state index >= 15 is 0 Å². The van der Waals surface area contributed by atoms with E-state index in [0.29, 0.717) is 12.2 Å². The van der Waals surface area contributed by atoms with E-state index in [1.807, 2.05) is 22.9 Å². The molecule has 8 nitrogen and oxygen atoms in total. The van der Waals surface area contributed by atoms with Crippen LogP contribution < -0.4 is 0 Å². The van der Waals surface area contributed by atoms with Gasteiger partial charge in [0.05, 0.1) is 35.6 Å². The minimum Gasteiger partial charge on any atom is -0.290 e. The maximum atomic E-state index is 6.18. The third kappa shape index (κ3) is 3.08. The largest absolute Gasteiger partial charge is 0.290 e. The molecule has 0 atom stereocenters. The lowest BCUT2D eigenvalue weighted by Crippen LogP contribution is -2.33. The van der Waals surface area contributed by atoms with Crippen molar-refractivity contribution >= 4 is 11.6 Å². The summed E-state index contributed by atoms with van der Waals surface area (Å²) >= 11 is 6.18. The van der Waals surface area contributed by atoms with E-state index in [-0.39, 0.29) is 0 Å². The van der Waals surface area contributed by atoms with Gasteiger partial charge < -0.3 is 0 Å². The lowest BCUT2D eigenvalue weighted by molar-refractivity contribution is 0.203. The van der Waals surface area contributed by atoms with Crippen LogP contribution >= 0.6 is 11.6 Å². The van der Waals surface area contributed by atoms with E-state index < -0.39 is 0 Å². The normalized spacial score (nSPS) is 14.8. The van der Waals surface area contributed by atoms with Gasteiger partial charge in [0.1, 0.15) is 0 Å². The summed E-state index contributed by atoms with van der Waals surface area (Å²) in [5.74, 6) is 0.642. The maximum Gasteiger partial charge on any atom is 0.180 e. The summed E-state index contributed by atoms with van der Waals surface area (Å²) < 4.78 is 1.97. The molecular weight excluding hydrogens is 316 g/mol. The van der Waals surface area contributed by atoms with Gasteiger partial charge in [-0.15, -0.1) is 10.2 Å². The van der Waals surface area contributed by atoms with E-state index in [1.165, 1.54) is 0 Å².